The molecule has 1 aromatic heterocycles. The molecule has 0 radical (unpaired) electrons. The van der Waals surface area contributed by atoms with Crippen LogP contribution in [-0.2, 0) is 13.2 Å². The average molecular weight is 247 g/mol. The molecule has 0 aliphatic rings. The third-order valence-electron chi connectivity index (χ3n) is 2.63. The topological polar surface area (TPSA) is 62.3 Å². The summed E-state index contributed by atoms with van der Waals surface area (Å²) in [6.07, 6.45) is 1.90. The van der Waals surface area contributed by atoms with Crippen LogP contribution in [0.3, 0.4) is 0 Å². The number of imidazole rings is 1. The molecule has 5 nitrogen and oxygen atoms in total. The van der Waals surface area contributed by atoms with E-state index in [9.17, 15) is 0 Å². The van der Waals surface area contributed by atoms with E-state index in [2.05, 4.69) is 4.98 Å². The summed E-state index contributed by atoms with van der Waals surface area (Å²) in [5.41, 5.74) is 6.56. The molecular weight excluding hydrogens is 230 g/mol. The maximum Gasteiger partial charge on any atom is 0.200 e. The number of rotatable bonds is 5. The van der Waals surface area contributed by atoms with Gasteiger partial charge in [0.1, 0.15) is 18.1 Å². The third-order valence-corrected chi connectivity index (χ3v) is 2.63. The maximum absolute atomic E-state index is 5.74. The van der Waals surface area contributed by atoms with Crippen LogP contribution in [0.4, 0.5) is 5.95 Å². The van der Waals surface area contributed by atoms with Gasteiger partial charge in [-0.3, -0.25) is 0 Å². The number of nitrogens with zero attached hydrogens (tertiary/aromatic N) is 2. The third kappa shape index (κ3) is 2.74. The molecule has 0 bridgehead atoms. The molecule has 1 heterocycles. The molecule has 0 aliphatic heterocycles. The Balaban J connectivity index is 2.01. The zero-order chi connectivity index (χ0) is 13.0. The monoisotopic (exact) mass is 247 g/mol. The van der Waals surface area contributed by atoms with Crippen molar-refractivity contribution in [2.24, 2.45) is 0 Å². The molecule has 96 valence electrons. The SMILES string of the molecule is CCn1cc(COc2cccc(OC)c2)nc1N. The molecular formula is C13H17N3O2. The minimum absolute atomic E-state index is 0.393. The van der Waals surface area contributed by atoms with Crippen LogP contribution in [0.15, 0.2) is 30.5 Å². The van der Waals surface area contributed by atoms with Crippen molar-refractivity contribution >= 4 is 5.95 Å². The van der Waals surface area contributed by atoms with E-state index >= 15 is 0 Å². The summed E-state index contributed by atoms with van der Waals surface area (Å²) in [6.45, 7) is 3.22. The quantitative estimate of drug-likeness (QED) is 0.878. The van der Waals surface area contributed by atoms with Gasteiger partial charge in [0.2, 0.25) is 0 Å². The zero-order valence-electron chi connectivity index (χ0n) is 10.6. The Kier molecular flexibility index (Phi) is 3.72. The van der Waals surface area contributed by atoms with E-state index in [4.69, 9.17) is 15.2 Å². The second kappa shape index (κ2) is 5.44. The van der Waals surface area contributed by atoms with Gasteiger partial charge < -0.3 is 19.8 Å². The predicted molar refractivity (Wildman–Crippen MR) is 69.6 cm³/mol. The predicted octanol–water partition coefficient (Wildman–Crippen LogP) is 2.07. The Hall–Kier alpha value is -2.17. The van der Waals surface area contributed by atoms with Gasteiger partial charge in [-0.1, -0.05) is 6.07 Å². The molecule has 2 N–H and O–H groups in total. The van der Waals surface area contributed by atoms with E-state index < -0.39 is 0 Å². The number of hydrogen-bond acceptors (Lipinski definition) is 4. The summed E-state index contributed by atoms with van der Waals surface area (Å²) in [4.78, 5) is 4.22. The second-order valence-corrected chi connectivity index (χ2v) is 3.84. The molecule has 18 heavy (non-hydrogen) atoms. The van der Waals surface area contributed by atoms with Crippen LogP contribution >= 0.6 is 0 Å². The maximum atomic E-state index is 5.74. The van der Waals surface area contributed by atoms with E-state index in [1.54, 1.807) is 7.11 Å². The van der Waals surface area contributed by atoms with Gasteiger partial charge in [0.15, 0.2) is 5.95 Å². The van der Waals surface area contributed by atoms with Crippen LogP contribution < -0.4 is 15.2 Å². The Labute approximate surface area is 106 Å². The van der Waals surface area contributed by atoms with Crippen molar-refractivity contribution in [2.45, 2.75) is 20.1 Å². The fourth-order valence-corrected chi connectivity index (χ4v) is 1.66. The standard InChI is InChI=1S/C13H17N3O2/c1-3-16-8-10(15-13(16)14)9-18-12-6-4-5-11(7-12)17-2/h4-8H,3,9H2,1-2H3,(H2,14,15). The van der Waals surface area contributed by atoms with Crippen molar-refractivity contribution in [1.82, 2.24) is 9.55 Å². The molecule has 2 aromatic rings. The lowest BCUT2D eigenvalue weighted by atomic mass is 10.3. The highest BCUT2D eigenvalue weighted by Crippen LogP contribution is 2.20. The van der Waals surface area contributed by atoms with Crippen LogP contribution in [0.2, 0.25) is 0 Å². The number of nitrogen functional groups attached to an aromatic ring is 1. The number of methoxy groups -OCH3 is 1. The molecule has 2 rings (SSSR count). The van der Waals surface area contributed by atoms with E-state index in [1.165, 1.54) is 0 Å². The van der Waals surface area contributed by atoms with Gasteiger partial charge in [-0.2, -0.15) is 0 Å². The lowest BCUT2D eigenvalue weighted by molar-refractivity contribution is 0.299. The van der Waals surface area contributed by atoms with Gasteiger partial charge in [-0.25, -0.2) is 4.98 Å². The van der Waals surface area contributed by atoms with Crippen molar-refractivity contribution < 1.29 is 9.47 Å². The second-order valence-electron chi connectivity index (χ2n) is 3.84. The van der Waals surface area contributed by atoms with E-state index in [0.29, 0.717) is 12.6 Å². The minimum Gasteiger partial charge on any atom is -0.497 e. The van der Waals surface area contributed by atoms with Gasteiger partial charge in [0.25, 0.3) is 0 Å². The first-order valence-corrected chi connectivity index (χ1v) is 5.81. The molecule has 0 aliphatic carbocycles. The van der Waals surface area contributed by atoms with Gasteiger partial charge in [0, 0.05) is 18.8 Å². The van der Waals surface area contributed by atoms with E-state index in [0.717, 1.165) is 23.7 Å². The molecule has 0 unspecified atom stereocenters. The van der Waals surface area contributed by atoms with Gasteiger partial charge in [0.05, 0.1) is 12.8 Å². The van der Waals surface area contributed by atoms with Crippen molar-refractivity contribution in [3.8, 4) is 11.5 Å². The van der Waals surface area contributed by atoms with Crippen LogP contribution in [0.25, 0.3) is 0 Å². The first-order chi connectivity index (χ1) is 8.72. The van der Waals surface area contributed by atoms with Gasteiger partial charge in [-0.05, 0) is 19.1 Å². The van der Waals surface area contributed by atoms with Crippen molar-refractivity contribution in [3.05, 3.63) is 36.2 Å². The number of anilines is 1. The fraction of sp³-hybridized carbons (Fsp3) is 0.308. The largest absolute Gasteiger partial charge is 0.497 e. The Morgan fingerprint density at radius 2 is 2.11 bits per heavy atom. The molecule has 0 amide bonds. The number of aromatic nitrogens is 2. The summed E-state index contributed by atoms with van der Waals surface area (Å²) in [6, 6.07) is 7.46. The average Bonchev–Trinajstić information content (AvgIpc) is 2.77. The summed E-state index contributed by atoms with van der Waals surface area (Å²) < 4.78 is 12.6. The fourth-order valence-electron chi connectivity index (χ4n) is 1.66. The number of ether oxygens (including phenoxy) is 2. The zero-order valence-corrected chi connectivity index (χ0v) is 10.6. The lowest BCUT2D eigenvalue weighted by Crippen LogP contribution is -1.98. The molecule has 0 atom stereocenters. The summed E-state index contributed by atoms with van der Waals surface area (Å²) in [7, 11) is 1.63. The normalized spacial score (nSPS) is 10.3. The van der Waals surface area contributed by atoms with E-state index in [-0.39, 0.29) is 0 Å². The van der Waals surface area contributed by atoms with Crippen molar-refractivity contribution in [2.75, 3.05) is 12.8 Å². The molecule has 5 heteroatoms. The van der Waals surface area contributed by atoms with Crippen LogP contribution in [0.5, 0.6) is 11.5 Å². The molecule has 0 spiro atoms. The minimum atomic E-state index is 0.393. The highest BCUT2D eigenvalue weighted by atomic mass is 16.5. The Bertz CT molecular complexity index is 523. The van der Waals surface area contributed by atoms with Crippen molar-refractivity contribution in [1.29, 1.82) is 0 Å². The molecule has 1 aromatic carbocycles. The number of nitrogens with two attached hydrogens (primary N) is 1. The summed E-state index contributed by atoms with van der Waals surface area (Å²) >= 11 is 0. The van der Waals surface area contributed by atoms with Gasteiger partial charge in [-0.15, -0.1) is 0 Å². The summed E-state index contributed by atoms with van der Waals surface area (Å²) in [5.74, 6) is 2.03. The molecule has 0 saturated heterocycles. The highest BCUT2D eigenvalue weighted by molar-refractivity contribution is 5.33. The first-order valence-electron chi connectivity index (χ1n) is 5.81. The van der Waals surface area contributed by atoms with Crippen LogP contribution in [-0.4, -0.2) is 16.7 Å². The summed E-state index contributed by atoms with van der Waals surface area (Å²) in [5, 5.41) is 0. The Morgan fingerprint density at radius 1 is 1.33 bits per heavy atom. The number of aryl methyl sites for hydroxylation is 1. The highest BCUT2D eigenvalue weighted by Gasteiger charge is 2.04. The number of benzene rings is 1. The smallest absolute Gasteiger partial charge is 0.200 e. The van der Waals surface area contributed by atoms with Crippen LogP contribution in [0.1, 0.15) is 12.6 Å². The Morgan fingerprint density at radius 3 is 2.78 bits per heavy atom. The van der Waals surface area contributed by atoms with Crippen molar-refractivity contribution in [3.63, 3.8) is 0 Å². The van der Waals surface area contributed by atoms with E-state index in [1.807, 2.05) is 42.0 Å². The van der Waals surface area contributed by atoms with Crippen LogP contribution in [0, 0.1) is 0 Å². The number of hydrogen-bond donors (Lipinski definition) is 1. The van der Waals surface area contributed by atoms with Gasteiger partial charge >= 0.3 is 0 Å². The molecule has 0 saturated carbocycles. The first kappa shape index (κ1) is 12.3. The molecule has 0 fully saturated rings. The lowest BCUT2D eigenvalue weighted by Gasteiger charge is -2.05.